The second-order valence-electron chi connectivity index (χ2n) is 4.60. The molecule has 6 heteroatoms. The molecule has 0 saturated carbocycles. The van der Waals surface area contributed by atoms with E-state index < -0.39 is 6.10 Å². The zero-order valence-electron chi connectivity index (χ0n) is 11.0. The molecule has 0 aliphatic carbocycles. The maximum absolute atomic E-state index is 12.3. The van der Waals surface area contributed by atoms with Gasteiger partial charge in [-0.2, -0.15) is 0 Å². The van der Waals surface area contributed by atoms with Crippen LogP contribution in [0.1, 0.15) is 10.4 Å². The Bertz CT molecular complexity index is 478. The number of carbonyl (C=O) groups is 1. The van der Waals surface area contributed by atoms with Gasteiger partial charge in [-0.1, -0.05) is 0 Å². The maximum atomic E-state index is 12.3. The van der Waals surface area contributed by atoms with Gasteiger partial charge in [-0.15, -0.1) is 0 Å². The largest absolute Gasteiger partial charge is 0.504 e. The third-order valence-corrected chi connectivity index (χ3v) is 3.39. The molecule has 3 N–H and O–H groups in total. The highest BCUT2D eigenvalue weighted by Crippen LogP contribution is 2.27. The summed E-state index contributed by atoms with van der Waals surface area (Å²) in [5, 5.41) is 22.5. The van der Waals surface area contributed by atoms with E-state index in [0.29, 0.717) is 24.4 Å². The zero-order chi connectivity index (χ0) is 14.0. The number of aromatic hydroxyl groups is 1. The van der Waals surface area contributed by atoms with Crippen LogP contribution in [0.4, 0.5) is 0 Å². The molecule has 1 heterocycles. The molecule has 104 valence electrons. The number of aliphatic hydroxyl groups is 1. The highest BCUT2D eigenvalue weighted by atomic mass is 16.5. The van der Waals surface area contributed by atoms with Crippen molar-refractivity contribution in [2.24, 2.45) is 0 Å². The second kappa shape index (κ2) is 5.46. The number of methoxy groups -OCH3 is 1. The van der Waals surface area contributed by atoms with Gasteiger partial charge in [0.1, 0.15) is 0 Å². The average Bonchev–Trinajstić information content (AvgIpc) is 2.83. The number of phenolic OH excluding ortho intramolecular Hbond substituents is 1. The molecule has 0 radical (unpaired) electrons. The number of hydrogen-bond acceptors (Lipinski definition) is 5. The summed E-state index contributed by atoms with van der Waals surface area (Å²) in [4.78, 5) is 13.8. The molecule has 6 nitrogen and oxygen atoms in total. The Morgan fingerprint density at radius 2 is 2.21 bits per heavy atom. The zero-order valence-corrected chi connectivity index (χ0v) is 11.0. The number of carbonyl (C=O) groups excluding carboxylic acids is 1. The molecule has 1 aromatic carbocycles. The van der Waals surface area contributed by atoms with Crippen LogP contribution in [0.5, 0.6) is 11.5 Å². The Morgan fingerprint density at radius 1 is 1.47 bits per heavy atom. The third-order valence-electron chi connectivity index (χ3n) is 3.39. The predicted molar refractivity (Wildman–Crippen MR) is 69.4 cm³/mol. The Morgan fingerprint density at radius 3 is 2.74 bits per heavy atom. The Kier molecular flexibility index (Phi) is 3.92. The second-order valence-corrected chi connectivity index (χ2v) is 4.60. The molecule has 19 heavy (non-hydrogen) atoms. The average molecular weight is 266 g/mol. The standard InChI is InChI=1S/C13H18N2O4/c1-15(9-6-14-7-11(9)17)13(18)8-3-4-12(19-2)10(16)5-8/h3-5,9,11,14,16-17H,6-7H2,1-2H3/t9-,11-/m1/s1. The predicted octanol–water partition coefficient (Wildman–Crippen LogP) is -0.195. The smallest absolute Gasteiger partial charge is 0.254 e. The summed E-state index contributed by atoms with van der Waals surface area (Å²) in [7, 11) is 3.09. The van der Waals surface area contributed by atoms with Gasteiger partial charge < -0.3 is 25.2 Å². The van der Waals surface area contributed by atoms with Crippen LogP contribution in [0.25, 0.3) is 0 Å². The minimum absolute atomic E-state index is 0.0770. The molecule has 2 rings (SSSR count). The van der Waals surface area contributed by atoms with Crippen LogP contribution in [0.15, 0.2) is 18.2 Å². The molecule has 1 saturated heterocycles. The lowest BCUT2D eigenvalue weighted by Crippen LogP contribution is -2.44. The number of hydrogen-bond donors (Lipinski definition) is 3. The van der Waals surface area contributed by atoms with Gasteiger partial charge in [0.05, 0.1) is 19.3 Å². The number of amides is 1. The molecule has 1 aromatic rings. The van der Waals surface area contributed by atoms with Crippen molar-refractivity contribution in [1.82, 2.24) is 10.2 Å². The van der Waals surface area contributed by atoms with E-state index in [9.17, 15) is 15.0 Å². The topological polar surface area (TPSA) is 82.0 Å². The lowest BCUT2D eigenvalue weighted by molar-refractivity contribution is 0.0581. The van der Waals surface area contributed by atoms with Crippen molar-refractivity contribution >= 4 is 5.91 Å². The normalized spacial score (nSPS) is 22.3. The first-order valence-corrected chi connectivity index (χ1v) is 6.07. The SMILES string of the molecule is COc1ccc(C(=O)N(C)[C@@H]2CNC[C@H]2O)cc1O. The molecule has 0 aromatic heterocycles. The first-order valence-electron chi connectivity index (χ1n) is 6.07. The van der Waals surface area contributed by atoms with Gasteiger partial charge in [0.15, 0.2) is 11.5 Å². The van der Waals surface area contributed by atoms with E-state index in [2.05, 4.69) is 5.32 Å². The van der Waals surface area contributed by atoms with Crippen molar-refractivity contribution in [3.8, 4) is 11.5 Å². The molecule has 0 spiro atoms. The summed E-state index contributed by atoms with van der Waals surface area (Å²) in [6.45, 7) is 1.04. The fourth-order valence-corrected chi connectivity index (χ4v) is 2.22. The molecule has 1 amide bonds. The summed E-state index contributed by atoms with van der Waals surface area (Å²) < 4.78 is 4.93. The number of nitrogens with one attached hydrogen (secondary N) is 1. The minimum Gasteiger partial charge on any atom is -0.504 e. The number of rotatable bonds is 3. The monoisotopic (exact) mass is 266 g/mol. The number of nitrogens with zero attached hydrogens (tertiary/aromatic N) is 1. The Hall–Kier alpha value is -1.79. The van der Waals surface area contributed by atoms with Crippen LogP contribution < -0.4 is 10.1 Å². The van der Waals surface area contributed by atoms with Crippen LogP contribution in [0.2, 0.25) is 0 Å². The van der Waals surface area contributed by atoms with Crippen molar-refractivity contribution in [3.05, 3.63) is 23.8 Å². The number of phenols is 1. The molecule has 0 unspecified atom stereocenters. The van der Waals surface area contributed by atoms with Crippen LogP contribution >= 0.6 is 0 Å². The molecule has 1 aliphatic rings. The van der Waals surface area contributed by atoms with Gasteiger partial charge in [-0.05, 0) is 18.2 Å². The summed E-state index contributed by atoms with van der Waals surface area (Å²) >= 11 is 0. The van der Waals surface area contributed by atoms with Gasteiger partial charge in [-0.3, -0.25) is 4.79 Å². The van der Waals surface area contributed by atoms with Gasteiger partial charge in [0.2, 0.25) is 0 Å². The summed E-state index contributed by atoms with van der Waals surface area (Å²) in [5.74, 6) is -0.000630. The van der Waals surface area contributed by atoms with Crippen molar-refractivity contribution in [3.63, 3.8) is 0 Å². The van der Waals surface area contributed by atoms with Crippen molar-refractivity contribution in [1.29, 1.82) is 0 Å². The molecule has 1 aliphatic heterocycles. The fourth-order valence-electron chi connectivity index (χ4n) is 2.22. The Labute approximate surface area is 111 Å². The van der Waals surface area contributed by atoms with E-state index in [-0.39, 0.29) is 17.7 Å². The van der Waals surface area contributed by atoms with Crippen molar-refractivity contribution in [2.75, 3.05) is 27.2 Å². The first kappa shape index (κ1) is 13.6. The number of β-amino-alcohol motifs (C(OH)–C–C–N with tert-alkyl or cyclic N) is 1. The highest BCUT2D eigenvalue weighted by molar-refractivity contribution is 5.95. The third kappa shape index (κ3) is 2.64. The van der Waals surface area contributed by atoms with E-state index in [4.69, 9.17) is 4.74 Å². The molecule has 0 bridgehead atoms. The lowest BCUT2D eigenvalue weighted by atomic mass is 10.1. The highest BCUT2D eigenvalue weighted by Gasteiger charge is 2.31. The van der Waals surface area contributed by atoms with E-state index in [1.807, 2.05) is 0 Å². The molecule has 2 atom stereocenters. The van der Waals surface area contributed by atoms with Gasteiger partial charge >= 0.3 is 0 Å². The van der Waals surface area contributed by atoms with Crippen molar-refractivity contribution in [2.45, 2.75) is 12.1 Å². The molecule has 1 fully saturated rings. The van der Waals surface area contributed by atoms with Crippen LogP contribution in [-0.4, -0.2) is 60.4 Å². The number of likely N-dealkylation sites (N-methyl/N-ethyl adjacent to an activating group) is 1. The number of benzene rings is 1. The van der Waals surface area contributed by atoms with Gasteiger partial charge in [-0.25, -0.2) is 0 Å². The number of ether oxygens (including phenoxy) is 1. The van der Waals surface area contributed by atoms with Gasteiger partial charge in [0.25, 0.3) is 5.91 Å². The number of aliphatic hydroxyl groups excluding tert-OH is 1. The lowest BCUT2D eigenvalue weighted by Gasteiger charge is -2.26. The van der Waals surface area contributed by atoms with Gasteiger partial charge in [0, 0.05) is 25.7 Å². The van der Waals surface area contributed by atoms with Crippen LogP contribution in [0, 0.1) is 0 Å². The summed E-state index contributed by atoms with van der Waals surface area (Å²) in [5.41, 5.74) is 0.361. The summed E-state index contributed by atoms with van der Waals surface area (Å²) in [6.07, 6.45) is -0.569. The molecular weight excluding hydrogens is 248 g/mol. The quantitative estimate of drug-likeness (QED) is 0.706. The fraction of sp³-hybridized carbons (Fsp3) is 0.462. The van der Waals surface area contributed by atoms with E-state index >= 15 is 0 Å². The first-order chi connectivity index (χ1) is 9.04. The van der Waals surface area contributed by atoms with E-state index in [0.717, 1.165) is 0 Å². The van der Waals surface area contributed by atoms with Crippen molar-refractivity contribution < 1.29 is 19.7 Å². The summed E-state index contributed by atoms with van der Waals surface area (Å²) in [6, 6.07) is 4.25. The maximum Gasteiger partial charge on any atom is 0.254 e. The van der Waals surface area contributed by atoms with E-state index in [1.54, 1.807) is 19.2 Å². The Balaban J connectivity index is 2.17. The van der Waals surface area contributed by atoms with Crippen LogP contribution in [0.3, 0.4) is 0 Å². The van der Waals surface area contributed by atoms with E-state index in [1.165, 1.54) is 18.1 Å². The minimum atomic E-state index is -0.569. The van der Waals surface area contributed by atoms with Crippen LogP contribution in [-0.2, 0) is 0 Å². The molecular formula is C13H18N2O4.